The number of halogens is 1. The normalized spacial score (nSPS) is 20.1. The number of thioether (sulfide) groups is 1. The van der Waals surface area contributed by atoms with E-state index < -0.39 is 5.60 Å². The van der Waals surface area contributed by atoms with Gasteiger partial charge in [-0.15, -0.1) is 0 Å². The van der Waals surface area contributed by atoms with Gasteiger partial charge in [0.05, 0.1) is 22.8 Å². The van der Waals surface area contributed by atoms with E-state index in [1.807, 2.05) is 39.5 Å². The summed E-state index contributed by atoms with van der Waals surface area (Å²) in [5, 5.41) is 4.90. The predicted octanol–water partition coefficient (Wildman–Crippen LogP) is 4.51. The number of carbonyl (C=O) groups excluding carboxylic acids is 1. The molecule has 2 aromatic rings. The van der Waals surface area contributed by atoms with E-state index in [4.69, 9.17) is 15.6 Å². The summed E-state index contributed by atoms with van der Waals surface area (Å²) in [7, 11) is 0. The maximum absolute atomic E-state index is 14.2. The van der Waals surface area contributed by atoms with Crippen molar-refractivity contribution >= 4 is 23.7 Å². The highest BCUT2D eigenvalue weighted by Crippen LogP contribution is 2.50. The van der Waals surface area contributed by atoms with Crippen LogP contribution < -0.4 is 5.73 Å². The van der Waals surface area contributed by atoms with Gasteiger partial charge in [0.25, 0.3) is 0 Å². The maximum atomic E-state index is 14.2. The number of rotatable bonds is 1. The summed E-state index contributed by atoms with van der Waals surface area (Å²) in [6.45, 7) is 11.6. The van der Waals surface area contributed by atoms with Gasteiger partial charge < -0.3 is 15.4 Å². The fourth-order valence-electron chi connectivity index (χ4n) is 4.30. The molecule has 0 bridgehead atoms. The molecule has 1 saturated heterocycles. The van der Waals surface area contributed by atoms with Gasteiger partial charge in [0.15, 0.2) is 0 Å². The van der Waals surface area contributed by atoms with Gasteiger partial charge in [-0.3, -0.25) is 0 Å². The van der Waals surface area contributed by atoms with Crippen LogP contribution in [0.4, 0.5) is 15.0 Å². The first kappa shape index (κ1) is 21.0. The van der Waals surface area contributed by atoms with Crippen LogP contribution in [0.3, 0.4) is 0 Å². The van der Waals surface area contributed by atoms with Crippen molar-refractivity contribution in [2.45, 2.75) is 58.6 Å². The van der Waals surface area contributed by atoms with E-state index in [1.165, 1.54) is 0 Å². The Morgan fingerprint density at radius 2 is 1.90 bits per heavy atom. The summed E-state index contributed by atoms with van der Waals surface area (Å²) < 4.78 is 21.5. The van der Waals surface area contributed by atoms with Gasteiger partial charge in [-0.25, -0.2) is 13.9 Å². The average Bonchev–Trinajstić information content (AvgIpc) is 2.95. The van der Waals surface area contributed by atoms with Gasteiger partial charge in [-0.2, -0.15) is 16.9 Å². The first-order valence-electron chi connectivity index (χ1n) is 10.2. The Morgan fingerprint density at radius 3 is 2.40 bits per heavy atom. The molecule has 4 rings (SSSR count). The SMILES string of the molecule is Cc1cc(-n2nc3c(c2N)[C@H](C)N(C(=O)OC(C)(C)C)CC32CSC2)cc(C)c1F. The molecule has 2 N–H and O–H groups in total. The molecular weight excluding hydrogens is 403 g/mol. The van der Waals surface area contributed by atoms with Crippen LogP contribution in [0.5, 0.6) is 0 Å². The lowest BCUT2D eigenvalue weighted by molar-refractivity contribution is 0.00984. The Labute approximate surface area is 180 Å². The quantitative estimate of drug-likeness (QED) is 0.718. The van der Waals surface area contributed by atoms with E-state index >= 15 is 0 Å². The largest absolute Gasteiger partial charge is 0.444 e. The second-order valence-electron chi connectivity index (χ2n) is 9.51. The molecule has 2 aliphatic rings. The Kier molecular flexibility index (Phi) is 4.84. The molecule has 30 heavy (non-hydrogen) atoms. The van der Waals surface area contributed by atoms with Crippen LogP contribution in [-0.2, 0) is 10.2 Å². The molecule has 0 aliphatic carbocycles. The molecule has 1 atom stereocenters. The number of ether oxygens (including phenoxy) is 1. The van der Waals surface area contributed by atoms with Crippen LogP contribution in [0, 0.1) is 19.7 Å². The van der Waals surface area contributed by atoms with E-state index in [0.29, 0.717) is 23.5 Å². The molecular formula is C22H29FN4O2S. The molecule has 0 unspecified atom stereocenters. The minimum absolute atomic E-state index is 0.217. The molecule has 1 spiro atoms. The Bertz CT molecular complexity index is 1000. The van der Waals surface area contributed by atoms with Crippen LogP contribution in [0.25, 0.3) is 5.69 Å². The van der Waals surface area contributed by atoms with E-state index in [9.17, 15) is 9.18 Å². The van der Waals surface area contributed by atoms with Crippen molar-refractivity contribution in [3.63, 3.8) is 0 Å². The zero-order valence-electron chi connectivity index (χ0n) is 18.4. The summed E-state index contributed by atoms with van der Waals surface area (Å²) in [4.78, 5) is 14.7. The van der Waals surface area contributed by atoms with Gasteiger partial charge in [0, 0.05) is 23.6 Å². The van der Waals surface area contributed by atoms with Crippen LogP contribution >= 0.6 is 11.8 Å². The van der Waals surface area contributed by atoms with Crippen molar-refractivity contribution in [1.82, 2.24) is 14.7 Å². The zero-order chi connectivity index (χ0) is 22.0. The Morgan fingerprint density at radius 1 is 1.30 bits per heavy atom. The topological polar surface area (TPSA) is 73.4 Å². The fraction of sp³-hybridized carbons (Fsp3) is 0.545. The Balaban J connectivity index is 1.81. The molecule has 3 heterocycles. The van der Waals surface area contributed by atoms with Gasteiger partial charge in [0.1, 0.15) is 17.2 Å². The predicted molar refractivity (Wildman–Crippen MR) is 118 cm³/mol. The van der Waals surface area contributed by atoms with Crippen molar-refractivity contribution in [3.8, 4) is 5.69 Å². The van der Waals surface area contributed by atoms with Crippen molar-refractivity contribution in [1.29, 1.82) is 0 Å². The fourth-order valence-corrected chi connectivity index (χ4v) is 5.46. The number of anilines is 1. The summed E-state index contributed by atoms with van der Waals surface area (Å²) in [6, 6.07) is 3.26. The summed E-state index contributed by atoms with van der Waals surface area (Å²) in [5.74, 6) is 2.03. The molecule has 8 heteroatoms. The van der Waals surface area contributed by atoms with Crippen molar-refractivity contribution in [2.75, 3.05) is 23.8 Å². The molecule has 6 nitrogen and oxygen atoms in total. The zero-order valence-corrected chi connectivity index (χ0v) is 19.2. The van der Waals surface area contributed by atoms with E-state index in [2.05, 4.69) is 0 Å². The minimum atomic E-state index is -0.572. The third-order valence-electron chi connectivity index (χ3n) is 5.87. The lowest BCUT2D eigenvalue weighted by atomic mass is 9.79. The summed E-state index contributed by atoms with van der Waals surface area (Å²) in [5.41, 5.74) is 9.45. The first-order valence-corrected chi connectivity index (χ1v) is 11.3. The highest BCUT2D eigenvalue weighted by molar-refractivity contribution is 8.00. The van der Waals surface area contributed by atoms with E-state index in [1.54, 1.807) is 35.6 Å². The van der Waals surface area contributed by atoms with Crippen molar-refractivity contribution in [2.24, 2.45) is 0 Å². The number of carbonyl (C=O) groups is 1. The van der Waals surface area contributed by atoms with Gasteiger partial charge in [-0.1, -0.05) is 0 Å². The maximum Gasteiger partial charge on any atom is 0.410 e. The molecule has 162 valence electrons. The third-order valence-corrected chi connectivity index (χ3v) is 7.38. The number of hydrogen-bond acceptors (Lipinski definition) is 5. The molecule has 1 aromatic heterocycles. The number of hydrogen-bond donors (Lipinski definition) is 1. The van der Waals surface area contributed by atoms with Crippen LogP contribution in [0.1, 0.15) is 56.1 Å². The standard InChI is InChI=1S/C22H29FN4O2S/c1-12-7-15(8-13(2)17(12)23)27-19(24)16-14(3)26(20(28)29-21(4,5)6)9-22(10-30-11-22)18(16)25-27/h7-8,14H,9-11,24H2,1-6H3/t14-/m0/s1. The van der Waals surface area contributed by atoms with E-state index in [0.717, 1.165) is 28.5 Å². The van der Waals surface area contributed by atoms with Gasteiger partial charge in [0.2, 0.25) is 0 Å². The number of amides is 1. The monoisotopic (exact) mass is 432 g/mol. The molecule has 0 saturated carbocycles. The number of fused-ring (bicyclic) bond motifs is 2. The highest BCUT2D eigenvalue weighted by Gasteiger charge is 2.52. The lowest BCUT2D eigenvalue weighted by Gasteiger charge is -2.49. The van der Waals surface area contributed by atoms with E-state index in [-0.39, 0.29) is 23.4 Å². The number of nitrogens with zero attached hydrogens (tertiary/aromatic N) is 3. The second-order valence-corrected chi connectivity index (χ2v) is 10.5. The molecule has 1 amide bonds. The third kappa shape index (κ3) is 3.25. The number of nitrogens with two attached hydrogens (primary N) is 1. The average molecular weight is 433 g/mol. The number of benzene rings is 1. The summed E-state index contributed by atoms with van der Waals surface area (Å²) in [6.07, 6.45) is -0.336. The molecule has 1 aromatic carbocycles. The smallest absolute Gasteiger partial charge is 0.410 e. The van der Waals surface area contributed by atoms with Crippen LogP contribution in [0.15, 0.2) is 12.1 Å². The molecule has 1 fully saturated rings. The number of nitrogen functional groups attached to an aromatic ring is 1. The summed E-state index contributed by atoms with van der Waals surface area (Å²) >= 11 is 1.83. The lowest BCUT2D eigenvalue weighted by Crippen LogP contribution is -2.56. The first-order chi connectivity index (χ1) is 13.9. The Hall–Kier alpha value is -2.22. The molecule has 0 radical (unpaired) electrons. The van der Waals surface area contributed by atoms with Crippen molar-refractivity contribution < 1.29 is 13.9 Å². The van der Waals surface area contributed by atoms with Crippen LogP contribution in [-0.4, -0.2) is 44.4 Å². The number of aryl methyl sites for hydroxylation is 2. The minimum Gasteiger partial charge on any atom is -0.444 e. The van der Waals surface area contributed by atoms with Gasteiger partial charge in [-0.05, 0) is 64.8 Å². The second kappa shape index (κ2) is 6.90. The number of aromatic nitrogens is 2. The molecule has 2 aliphatic heterocycles. The highest BCUT2D eigenvalue weighted by atomic mass is 32.2. The van der Waals surface area contributed by atoms with Gasteiger partial charge >= 0.3 is 6.09 Å². The van der Waals surface area contributed by atoms with Crippen molar-refractivity contribution in [3.05, 3.63) is 40.3 Å². The van der Waals surface area contributed by atoms with Crippen LogP contribution in [0.2, 0.25) is 0 Å².